The Kier molecular flexibility index (Phi) is 5.64. The summed E-state index contributed by atoms with van der Waals surface area (Å²) < 4.78 is 0. The highest BCUT2D eigenvalue weighted by atomic mass is 16.6. The van der Waals surface area contributed by atoms with Crippen molar-refractivity contribution in [3.05, 3.63) is 39.4 Å². The lowest BCUT2D eigenvalue weighted by Crippen LogP contribution is -2.41. The molecule has 110 valence electrons. The van der Waals surface area contributed by atoms with Crippen molar-refractivity contribution in [3.8, 4) is 0 Å². The van der Waals surface area contributed by atoms with E-state index in [2.05, 4.69) is 5.32 Å². The van der Waals surface area contributed by atoms with Gasteiger partial charge in [0.05, 0.1) is 4.92 Å². The summed E-state index contributed by atoms with van der Waals surface area (Å²) in [5, 5.41) is 13.8. The molecular weight excluding hydrogens is 258 g/mol. The Morgan fingerprint density at radius 2 is 2.10 bits per heavy atom. The molecule has 0 radical (unpaired) electrons. The normalized spacial score (nSPS) is 12.2. The molecular formula is C14H21N3O3. The molecule has 1 rings (SSSR count). The molecule has 0 aromatic heterocycles. The van der Waals surface area contributed by atoms with Gasteiger partial charge < -0.3 is 11.1 Å². The maximum atomic E-state index is 12.2. The molecule has 0 aliphatic rings. The van der Waals surface area contributed by atoms with Crippen LogP contribution >= 0.6 is 0 Å². The van der Waals surface area contributed by atoms with Crippen LogP contribution in [-0.4, -0.2) is 23.4 Å². The van der Waals surface area contributed by atoms with Crippen LogP contribution in [0, 0.1) is 23.0 Å². The third-order valence-corrected chi connectivity index (χ3v) is 3.04. The Morgan fingerprint density at radius 3 is 2.60 bits per heavy atom. The first-order chi connectivity index (χ1) is 9.36. The van der Waals surface area contributed by atoms with Gasteiger partial charge in [-0.05, 0) is 25.3 Å². The number of hydrogen-bond acceptors (Lipinski definition) is 4. The van der Waals surface area contributed by atoms with Gasteiger partial charge in [-0.1, -0.05) is 26.0 Å². The summed E-state index contributed by atoms with van der Waals surface area (Å²) in [4.78, 5) is 22.8. The number of carbonyl (C=O) groups is 1. The van der Waals surface area contributed by atoms with Crippen LogP contribution in [-0.2, 0) is 0 Å². The molecule has 1 amide bonds. The highest BCUT2D eigenvalue weighted by Crippen LogP contribution is 2.23. The van der Waals surface area contributed by atoms with Crippen molar-refractivity contribution in [3.63, 3.8) is 0 Å². The average molecular weight is 279 g/mol. The number of nitro benzene ring substituents is 1. The van der Waals surface area contributed by atoms with Crippen LogP contribution in [0.5, 0.6) is 0 Å². The molecule has 0 spiro atoms. The lowest BCUT2D eigenvalue weighted by molar-refractivity contribution is -0.385. The molecule has 0 heterocycles. The summed E-state index contributed by atoms with van der Waals surface area (Å²) in [5.74, 6) is -0.0622. The largest absolute Gasteiger partial charge is 0.348 e. The molecule has 0 aliphatic carbocycles. The highest BCUT2D eigenvalue weighted by Gasteiger charge is 2.24. The van der Waals surface area contributed by atoms with Gasteiger partial charge in [0, 0.05) is 18.2 Å². The van der Waals surface area contributed by atoms with Gasteiger partial charge in [0.25, 0.3) is 11.6 Å². The molecule has 6 nitrogen and oxygen atoms in total. The van der Waals surface area contributed by atoms with E-state index in [1.54, 1.807) is 19.1 Å². The summed E-state index contributed by atoms with van der Waals surface area (Å²) in [7, 11) is 0. The summed E-state index contributed by atoms with van der Waals surface area (Å²) in [6.07, 6.45) is 0.738. The highest BCUT2D eigenvalue weighted by molar-refractivity contribution is 5.98. The van der Waals surface area contributed by atoms with Crippen LogP contribution in [0.2, 0.25) is 0 Å². The third kappa shape index (κ3) is 4.03. The molecule has 1 aromatic rings. The molecule has 1 unspecified atom stereocenters. The van der Waals surface area contributed by atoms with Crippen LogP contribution in [0.15, 0.2) is 18.2 Å². The zero-order chi connectivity index (χ0) is 15.3. The van der Waals surface area contributed by atoms with Crippen molar-refractivity contribution < 1.29 is 9.72 Å². The van der Waals surface area contributed by atoms with Gasteiger partial charge in [-0.15, -0.1) is 0 Å². The number of aryl methyl sites for hydroxylation is 1. The molecule has 1 atom stereocenters. The second kappa shape index (κ2) is 7.00. The Hall–Kier alpha value is -1.95. The standard InChI is InChI=1S/C14H21N3O3/c1-9(2)7-11(8-15)16-14(18)12-6-4-5-10(3)13(12)17(19)20/h4-6,9,11H,7-8,15H2,1-3H3,(H,16,18). The number of amides is 1. The molecule has 0 saturated heterocycles. The molecule has 0 saturated carbocycles. The number of rotatable bonds is 6. The zero-order valence-corrected chi connectivity index (χ0v) is 12.1. The second-order valence-electron chi connectivity index (χ2n) is 5.26. The topological polar surface area (TPSA) is 98.3 Å². The summed E-state index contributed by atoms with van der Waals surface area (Å²) in [6.45, 7) is 5.99. The maximum Gasteiger partial charge on any atom is 0.285 e. The van der Waals surface area contributed by atoms with Crippen molar-refractivity contribution in [1.82, 2.24) is 5.32 Å². The van der Waals surface area contributed by atoms with Crippen molar-refractivity contribution >= 4 is 11.6 Å². The van der Waals surface area contributed by atoms with Crippen molar-refractivity contribution in [2.75, 3.05) is 6.54 Å². The molecule has 0 bridgehead atoms. The lowest BCUT2D eigenvalue weighted by atomic mass is 10.0. The fourth-order valence-corrected chi connectivity index (χ4v) is 2.13. The molecule has 1 aromatic carbocycles. The number of benzene rings is 1. The predicted molar refractivity (Wildman–Crippen MR) is 77.6 cm³/mol. The van der Waals surface area contributed by atoms with Gasteiger partial charge in [-0.2, -0.15) is 0 Å². The van der Waals surface area contributed by atoms with E-state index in [4.69, 9.17) is 5.73 Å². The van der Waals surface area contributed by atoms with E-state index in [0.29, 0.717) is 18.0 Å². The van der Waals surface area contributed by atoms with E-state index in [1.807, 2.05) is 13.8 Å². The molecule has 0 fully saturated rings. The fraction of sp³-hybridized carbons (Fsp3) is 0.500. The monoisotopic (exact) mass is 279 g/mol. The van der Waals surface area contributed by atoms with Crippen LogP contribution in [0.4, 0.5) is 5.69 Å². The molecule has 6 heteroatoms. The molecule has 3 N–H and O–H groups in total. The quantitative estimate of drug-likeness (QED) is 0.614. The van der Waals surface area contributed by atoms with Gasteiger partial charge in [-0.3, -0.25) is 14.9 Å². The van der Waals surface area contributed by atoms with E-state index >= 15 is 0 Å². The van der Waals surface area contributed by atoms with E-state index in [-0.39, 0.29) is 17.3 Å². The number of hydrogen-bond donors (Lipinski definition) is 2. The first kappa shape index (κ1) is 16.1. The van der Waals surface area contributed by atoms with Gasteiger partial charge in [0.1, 0.15) is 5.56 Å². The number of nitrogens with two attached hydrogens (primary N) is 1. The Morgan fingerprint density at radius 1 is 1.45 bits per heavy atom. The molecule has 0 aliphatic heterocycles. The fourth-order valence-electron chi connectivity index (χ4n) is 2.13. The summed E-state index contributed by atoms with van der Waals surface area (Å²) >= 11 is 0. The van der Waals surface area contributed by atoms with E-state index in [0.717, 1.165) is 6.42 Å². The van der Waals surface area contributed by atoms with Crippen LogP contribution < -0.4 is 11.1 Å². The Bertz CT molecular complexity index is 500. The molecule has 20 heavy (non-hydrogen) atoms. The van der Waals surface area contributed by atoms with E-state index in [1.165, 1.54) is 6.07 Å². The first-order valence-corrected chi connectivity index (χ1v) is 6.61. The Labute approximate surface area is 118 Å². The van der Waals surface area contributed by atoms with Crippen LogP contribution in [0.25, 0.3) is 0 Å². The number of nitro groups is 1. The van der Waals surface area contributed by atoms with E-state index in [9.17, 15) is 14.9 Å². The SMILES string of the molecule is Cc1cccc(C(=O)NC(CN)CC(C)C)c1[N+](=O)[O-]. The Balaban J connectivity index is 2.98. The first-order valence-electron chi connectivity index (χ1n) is 6.61. The van der Waals surface area contributed by atoms with E-state index < -0.39 is 10.8 Å². The summed E-state index contributed by atoms with van der Waals surface area (Å²) in [5.41, 5.74) is 6.03. The smallest absolute Gasteiger partial charge is 0.285 e. The maximum absolute atomic E-state index is 12.2. The number of carbonyl (C=O) groups excluding carboxylic acids is 1. The second-order valence-corrected chi connectivity index (χ2v) is 5.26. The average Bonchev–Trinajstić information content (AvgIpc) is 2.36. The van der Waals surface area contributed by atoms with Crippen LogP contribution in [0.3, 0.4) is 0 Å². The number of para-hydroxylation sites is 1. The lowest BCUT2D eigenvalue weighted by Gasteiger charge is -2.19. The van der Waals surface area contributed by atoms with Gasteiger partial charge in [-0.25, -0.2) is 0 Å². The predicted octanol–water partition coefficient (Wildman–Crippen LogP) is 2.01. The minimum absolute atomic E-state index is 0.0807. The minimum atomic E-state index is -0.524. The zero-order valence-electron chi connectivity index (χ0n) is 12.1. The number of nitrogens with zero attached hydrogens (tertiary/aromatic N) is 1. The van der Waals surface area contributed by atoms with Gasteiger partial charge >= 0.3 is 0 Å². The van der Waals surface area contributed by atoms with Crippen molar-refractivity contribution in [1.29, 1.82) is 0 Å². The van der Waals surface area contributed by atoms with Gasteiger partial charge in [0.15, 0.2) is 0 Å². The van der Waals surface area contributed by atoms with Crippen LogP contribution in [0.1, 0.15) is 36.2 Å². The number of nitrogens with one attached hydrogen (secondary N) is 1. The summed E-state index contributed by atoms with van der Waals surface area (Å²) in [6, 6.07) is 4.53. The van der Waals surface area contributed by atoms with Gasteiger partial charge in [0.2, 0.25) is 0 Å². The minimum Gasteiger partial charge on any atom is -0.348 e. The third-order valence-electron chi connectivity index (χ3n) is 3.04. The van der Waals surface area contributed by atoms with Crippen molar-refractivity contribution in [2.24, 2.45) is 11.7 Å². The van der Waals surface area contributed by atoms with Crippen molar-refractivity contribution in [2.45, 2.75) is 33.2 Å².